The predicted molar refractivity (Wildman–Crippen MR) is 134 cm³/mol. The molecule has 1 saturated carbocycles. The fourth-order valence-electron chi connectivity index (χ4n) is 6.55. The quantitative estimate of drug-likeness (QED) is 0.636. The Labute approximate surface area is 220 Å². The van der Waals surface area contributed by atoms with Gasteiger partial charge in [0.15, 0.2) is 5.67 Å². The molecule has 38 heavy (non-hydrogen) atoms. The number of halogens is 3. The number of carbonyl (C=O) groups excluding carboxylic acids is 1. The topological polar surface area (TPSA) is 79.0 Å². The Morgan fingerprint density at radius 2 is 1.97 bits per heavy atom. The largest absolute Gasteiger partial charge is 0.368 e. The molecule has 1 amide bonds. The van der Waals surface area contributed by atoms with E-state index in [0.717, 1.165) is 0 Å². The van der Waals surface area contributed by atoms with Gasteiger partial charge in [-0.15, -0.1) is 0 Å². The molecule has 4 fully saturated rings. The maximum atomic E-state index is 17.0. The maximum absolute atomic E-state index is 17.0. The van der Waals surface area contributed by atoms with E-state index in [1.54, 1.807) is 26.0 Å². The fourth-order valence-corrected chi connectivity index (χ4v) is 8.13. The first kappa shape index (κ1) is 25.8. The lowest BCUT2D eigenvalue weighted by Crippen LogP contribution is -2.56. The number of nitrogens with one attached hydrogen (secondary N) is 1. The Morgan fingerprint density at radius 1 is 1.24 bits per heavy atom. The van der Waals surface area contributed by atoms with Crippen LogP contribution in [0.2, 0.25) is 0 Å². The van der Waals surface area contributed by atoms with E-state index in [1.165, 1.54) is 40.5 Å². The van der Waals surface area contributed by atoms with E-state index in [9.17, 15) is 17.6 Å². The van der Waals surface area contributed by atoms with Crippen LogP contribution in [0.25, 0.3) is 11.1 Å². The highest BCUT2D eigenvalue weighted by Gasteiger charge is 2.74. The van der Waals surface area contributed by atoms with Gasteiger partial charge in [-0.1, -0.05) is 24.3 Å². The van der Waals surface area contributed by atoms with Crippen LogP contribution in [-0.2, 0) is 26.2 Å². The highest BCUT2D eigenvalue weighted by atomic mass is 32.2. The number of hydrogen-bond acceptors (Lipinski definition) is 4. The van der Waals surface area contributed by atoms with E-state index >= 15 is 8.78 Å². The zero-order valence-electron chi connectivity index (χ0n) is 21.4. The number of amides is 1. The highest BCUT2D eigenvalue weighted by Crippen LogP contribution is 2.61. The number of nitrogens with zero attached hydrogens (tertiary/aromatic N) is 2. The normalized spacial score (nSPS) is 35.7. The molecule has 0 radical (unpaired) electrons. The zero-order valence-corrected chi connectivity index (χ0v) is 22.2. The van der Waals surface area contributed by atoms with Gasteiger partial charge >= 0.3 is 0 Å². The second-order valence-corrected chi connectivity index (χ2v) is 13.0. The summed E-state index contributed by atoms with van der Waals surface area (Å²) >= 11 is 0. The molecule has 6 atom stereocenters. The number of fused-ring (bicyclic) bond motifs is 3. The second-order valence-electron chi connectivity index (χ2n) is 11.3. The summed E-state index contributed by atoms with van der Waals surface area (Å²) in [5.74, 6) is -2.15. The van der Waals surface area contributed by atoms with Crippen molar-refractivity contribution in [2.45, 2.75) is 62.5 Å². The SMILES string of the molecule is Cc1cc(F)cc(-c2cccc(C[C@H]3[C@H]4NS(=O)(=O)N(C)C5(C)CC5C4(F)CN3C(=O)[C@@H]3CCO3)c2F)c1. The minimum atomic E-state index is -4.07. The van der Waals surface area contributed by atoms with Gasteiger partial charge in [0.05, 0.1) is 25.2 Å². The molecule has 1 aliphatic carbocycles. The molecule has 6 rings (SSSR count). The average Bonchev–Trinajstić information content (AvgIpc) is 3.45. The van der Waals surface area contributed by atoms with E-state index in [0.29, 0.717) is 30.6 Å². The van der Waals surface area contributed by atoms with Gasteiger partial charge in [-0.25, -0.2) is 13.2 Å². The smallest absolute Gasteiger partial charge is 0.280 e. The molecule has 7 nitrogen and oxygen atoms in total. The van der Waals surface area contributed by atoms with Gasteiger partial charge in [0.1, 0.15) is 17.7 Å². The maximum Gasteiger partial charge on any atom is 0.280 e. The lowest BCUT2D eigenvalue weighted by Gasteiger charge is -2.34. The molecular weight excluding hydrogens is 519 g/mol. The molecule has 3 unspecified atom stereocenters. The molecule has 0 spiro atoms. The van der Waals surface area contributed by atoms with Crippen LogP contribution in [0.1, 0.15) is 30.9 Å². The number of likely N-dealkylation sites (tertiary alicyclic amines) is 1. The van der Waals surface area contributed by atoms with Crippen molar-refractivity contribution in [1.29, 1.82) is 0 Å². The van der Waals surface area contributed by atoms with Crippen LogP contribution in [0.4, 0.5) is 13.2 Å². The van der Waals surface area contributed by atoms with Gasteiger partial charge in [-0.3, -0.25) is 4.79 Å². The standard InChI is InChI=1S/C27H30F3N3O4S/c1-15-9-17(11-18(28)10-15)19-6-4-5-16(23(19)29)12-20-24-27(30,14-33(20)25(34)21-7-8-37-21)22-13-26(22,2)32(3)38(35,36)31-24/h4-6,9-11,20-22,24,31H,7-8,12-14H2,1-3H3/t20-,21-,22?,24+,26?,27?/m0/s1. The summed E-state index contributed by atoms with van der Waals surface area (Å²) in [5, 5.41) is 0. The lowest BCUT2D eigenvalue weighted by atomic mass is 9.86. The van der Waals surface area contributed by atoms with Crippen molar-refractivity contribution < 1.29 is 31.1 Å². The fraction of sp³-hybridized carbons (Fsp3) is 0.519. The summed E-state index contributed by atoms with van der Waals surface area (Å²) in [7, 11) is -2.65. The average molecular weight is 550 g/mol. The van der Waals surface area contributed by atoms with Crippen LogP contribution in [0.15, 0.2) is 36.4 Å². The van der Waals surface area contributed by atoms with Crippen LogP contribution >= 0.6 is 0 Å². The first-order valence-electron chi connectivity index (χ1n) is 12.8. The van der Waals surface area contributed by atoms with E-state index in [1.807, 2.05) is 0 Å². The molecular formula is C27H30F3N3O4S. The summed E-state index contributed by atoms with van der Waals surface area (Å²) in [6.45, 7) is 3.53. The summed E-state index contributed by atoms with van der Waals surface area (Å²) in [4.78, 5) is 14.7. The molecule has 2 aromatic rings. The van der Waals surface area contributed by atoms with Crippen molar-refractivity contribution in [2.75, 3.05) is 20.2 Å². The molecule has 0 aromatic heterocycles. The van der Waals surface area contributed by atoms with Crippen molar-refractivity contribution in [2.24, 2.45) is 5.92 Å². The summed E-state index contributed by atoms with van der Waals surface area (Å²) in [6, 6.07) is 6.68. The number of hydrogen-bond donors (Lipinski definition) is 1. The molecule has 3 aliphatic heterocycles. The number of alkyl halides is 1. The van der Waals surface area contributed by atoms with Crippen molar-refractivity contribution in [3.05, 3.63) is 59.2 Å². The van der Waals surface area contributed by atoms with Gasteiger partial charge in [0, 0.05) is 30.5 Å². The Hall–Kier alpha value is -2.47. The summed E-state index contributed by atoms with van der Waals surface area (Å²) < 4.78 is 82.4. The van der Waals surface area contributed by atoms with Crippen LogP contribution in [-0.4, -0.2) is 73.1 Å². The third-order valence-electron chi connectivity index (χ3n) is 8.98. The second kappa shape index (κ2) is 8.51. The third kappa shape index (κ3) is 3.81. The first-order valence-corrected chi connectivity index (χ1v) is 14.2. The van der Waals surface area contributed by atoms with Gasteiger partial charge in [-0.05, 0) is 55.5 Å². The number of rotatable bonds is 4. The number of ether oxygens (including phenoxy) is 1. The van der Waals surface area contributed by atoms with Crippen molar-refractivity contribution in [1.82, 2.24) is 13.9 Å². The lowest BCUT2D eigenvalue weighted by molar-refractivity contribution is -0.157. The summed E-state index contributed by atoms with van der Waals surface area (Å²) in [6.07, 6.45) is -0.0303. The number of carbonyl (C=O) groups is 1. The third-order valence-corrected chi connectivity index (χ3v) is 10.7. The first-order chi connectivity index (χ1) is 17.8. The van der Waals surface area contributed by atoms with Crippen molar-refractivity contribution in [3.63, 3.8) is 0 Å². The molecule has 4 aliphatic rings. The van der Waals surface area contributed by atoms with Crippen LogP contribution in [0.5, 0.6) is 0 Å². The Balaban J connectivity index is 1.42. The van der Waals surface area contributed by atoms with Gasteiger partial charge in [0.25, 0.3) is 16.1 Å². The molecule has 3 saturated heterocycles. The molecule has 3 heterocycles. The minimum absolute atomic E-state index is 0.127. The summed E-state index contributed by atoms with van der Waals surface area (Å²) in [5.41, 5.74) is -1.61. The molecule has 1 N–H and O–H groups in total. The van der Waals surface area contributed by atoms with E-state index in [-0.39, 0.29) is 24.1 Å². The van der Waals surface area contributed by atoms with Gasteiger partial charge in [0.2, 0.25) is 0 Å². The molecule has 2 aromatic carbocycles. The monoisotopic (exact) mass is 549 g/mol. The Bertz CT molecular complexity index is 1410. The predicted octanol–water partition coefficient (Wildman–Crippen LogP) is 3.12. The van der Waals surface area contributed by atoms with Crippen LogP contribution in [0.3, 0.4) is 0 Å². The molecule has 0 bridgehead atoms. The Kier molecular flexibility index (Phi) is 5.78. The van der Waals surface area contributed by atoms with E-state index < -0.39 is 63.1 Å². The Morgan fingerprint density at radius 3 is 2.63 bits per heavy atom. The highest BCUT2D eigenvalue weighted by molar-refractivity contribution is 7.87. The van der Waals surface area contributed by atoms with Crippen LogP contribution in [0, 0.1) is 24.5 Å². The number of benzene rings is 2. The molecule has 11 heteroatoms. The number of aryl methyl sites for hydroxylation is 1. The van der Waals surface area contributed by atoms with Crippen LogP contribution < -0.4 is 4.72 Å². The minimum Gasteiger partial charge on any atom is -0.368 e. The van der Waals surface area contributed by atoms with Crippen molar-refractivity contribution in [3.8, 4) is 11.1 Å². The van der Waals surface area contributed by atoms with Gasteiger partial charge in [-0.2, -0.15) is 17.4 Å². The van der Waals surface area contributed by atoms with Gasteiger partial charge < -0.3 is 9.64 Å². The molecule has 204 valence electrons. The van der Waals surface area contributed by atoms with E-state index in [4.69, 9.17) is 4.74 Å². The zero-order chi connectivity index (χ0) is 27.2. The van der Waals surface area contributed by atoms with E-state index in [2.05, 4.69) is 4.72 Å². The van der Waals surface area contributed by atoms with Crippen molar-refractivity contribution >= 4 is 16.1 Å².